The molecule has 0 aliphatic heterocycles. The summed E-state index contributed by atoms with van der Waals surface area (Å²) in [7, 11) is -0.0693. The number of ether oxygens (including phenoxy) is 1. The molecular formula is C20H28N2O3S. The van der Waals surface area contributed by atoms with Gasteiger partial charge in [-0.05, 0) is 62.7 Å². The molecule has 0 radical (unpaired) electrons. The van der Waals surface area contributed by atoms with Gasteiger partial charge in [0.1, 0.15) is 10.6 Å². The van der Waals surface area contributed by atoms with Gasteiger partial charge in [0.2, 0.25) is 10.0 Å². The minimum absolute atomic E-state index is 0.195. The molecule has 0 fully saturated rings. The van der Waals surface area contributed by atoms with E-state index < -0.39 is 10.0 Å². The first-order valence-corrected chi connectivity index (χ1v) is 10.2. The van der Waals surface area contributed by atoms with Gasteiger partial charge in [-0.25, -0.2) is 13.1 Å². The first-order valence-electron chi connectivity index (χ1n) is 8.71. The average molecular weight is 377 g/mol. The number of aryl methyl sites for hydroxylation is 2. The van der Waals surface area contributed by atoms with Crippen LogP contribution in [-0.4, -0.2) is 40.6 Å². The van der Waals surface area contributed by atoms with E-state index in [-0.39, 0.29) is 4.90 Å². The van der Waals surface area contributed by atoms with E-state index in [0.29, 0.717) is 12.3 Å². The van der Waals surface area contributed by atoms with Crippen molar-refractivity contribution in [1.29, 1.82) is 0 Å². The van der Waals surface area contributed by atoms with Crippen molar-refractivity contribution in [3.05, 3.63) is 59.2 Å². The van der Waals surface area contributed by atoms with Crippen molar-refractivity contribution in [3.8, 4) is 5.75 Å². The van der Waals surface area contributed by atoms with Gasteiger partial charge in [0.25, 0.3) is 0 Å². The van der Waals surface area contributed by atoms with Gasteiger partial charge in [-0.2, -0.15) is 0 Å². The highest BCUT2D eigenvalue weighted by molar-refractivity contribution is 7.89. The third kappa shape index (κ3) is 5.56. The molecule has 0 aliphatic rings. The second-order valence-corrected chi connectivity index (χ2v) is 8.30. The fourth-order valence-corrected chi connectivity index (χ4v) is 4.05. The Kier molecular flexibility index (Phi) is 7.20. The van der Waals surface area contributed by atoms with E-state index in [1.165, 1.54) is 12.7 Å². The first-order chi connectivity index (χ1) is 12.3. The maximum absolute atomic E-state index is 12.6. The molecule has 0 atom stereocenters. The molecule has 0 amide bonds. The highest BCUT2D eigenvalue weighted by atomic mass is 32.2. The quantitative estimate of drug-likeness (QED) is 0.683. The van der Waals surface area contributed by atoms with Crippen LogP contribution < -0.4 is 9.46 Å². The van der Waals surface area contributed by atoms with Crippen molar-refractivity contribution in [1.82, 2.24) is 9.62 Å². The van der Waals surface area contributed by atoms with Crippen LogP contribution in [0.5, 0.6) is 5.75 Å². The second kappa shape index (κ2) is 9.16. The van der Waals surface area contributed by atoms with Crippen LogP contribution in [0.3, 0.4) is 0 Å². The summed E-state index contributed by atoms with van der Waals surface area (Å²) in [6.07, 6.45) is 0.732. The molecule has 0 aromatic heterocycles. The molecule has 1 N–H and O–H groups in total. The van der Waals surface area contributed by atoms with E-state index >= 15 is 0 Å². The van der Waals surface area contributed by atoms with E-state index in [9.17, 15) is 8.42 Å². The monoisotopic (exact) mass is 376 g/mol. The van der Waals surface area contributed by atoms with Crippen LogP contribution in [0.1, 0.15) is 23.1 Å². The van der Waals surface area contributed by atoms with E-state index in [1.807, 2.05) is 39.1 Å². The average Bonchev–Trinajstić information content (AvgIpc) is 2.61. The maximum Gasteiger partial charge on any atom is 0.244 e. The zero-order valence-corrected chi connectivity index (χ0v) is 16.8. The highest BCUT2D eigenvalue weighted by Crippen LogP contribution is 2.27. The molecular weight excluding hydrogens is 348 g/mol. The van der Waals surface area contributed by atoms with E-state index in [2.05, 4.69) is 21.8 Å². The third-order valence-corrected chi connectivity index (χ3v) is 5.86. The number of nitrogens with zero attached hydrogens (tertiary/aromatic N) is 1. The van der Waals surface area contributed by atoms with Gasteiger partial charge in [-0.1, -0.05) is 30.3 Å². The van der Waals surface area contributed by atoms with Crippen molar-refractivity contribution in [2.75, 3.05) is 27.2 Å². The molecule has 26 heavy (non-hydrogen) atoms. The summed E-state index contributed by atoms with van der Waals surface area (Å²) in [6, 6.07) is 13.6. The molecule has 2 aromatic carbocycles. The lowest BCUT2D eigenvalue weighted by Gasteiger charge is -2.17. The van der Waals surface area contributed by atoms with Crippen molar-refractivity contribution in [2.45, 2.75) is 31.7 Å². The normalized spacial score (nSPS) is 11.7. The van der Waals surface area contributed by atoms with Crippen LogP contribution in [0.15, 0.2) is 47.4 Å². The predicted octanol–water partition coefficient (Wildman–Crippen LogP) is 3.11. The number of hydrogen-bond donors (Lipinski definition) is 1. The van der Waals surface area contributed by atoms with Crippen LogP contribution in [0.2, 0.25) is 0 Å². The minimum atomic E-state index is -3.59. The maximum atomic E-state index is 12.6. The van der Waals surface area contributed by atoms with Gasteiger partial charge in [-0.3, -0.25) is 0 Å². The van der Waals surface area contributed by atoms with Gasteiger partial charge in [-0.15, -0.1) is 0 Å². The van der Waals surface area contributed by atoms with E-state index in [1.54, 1.807) is 12.1 Å². The number of hydrogen-bond acceptors (Lipinski definition) is 4. The molecule has 0 spiro atoms. The lowest BCUT2D eigenvalue weighted by atomic mass is 10.1. The Balaban J connectivity index is 1.89. The van der Waals surface area contributed by atoms with Crippen molar-refractivity contribution in [2.24, 2.45) is 0 Å². The molecule has 0 unspecified atom stereocenters. The highest BCUT2D eigenvalue weighted by Gasteiger charge is 2.20. The lowest BCUT2D eigenvalue weighted by molar-refractivity contribution is 0.322. The summed E-state index contributed by atoms with van der Waals surface area (Å²) in [5, 5.41) is 0. The van der Waals surface area contributed by atoms with Gasteiger partial charge in [0, 0.05) is 13.1 Å². The van der Waals surface area contributed by atoms with Crippen LogP contribution in [0.25, 0.3) is 0 Å². The summed E-state index contributed by atoms with van der Waals surface area (Å²) < 4.78 is 33.1. The van der Waals surface area contributed by atoms with Crippen molar-refractivity contribution >= 4 is 10.0 Å². The lowest BCUT2D eigenvalue weighted by Crippen LogP contribution is -2.28. The molecule has 0 saturated heterocycles. The van der Waals surface area contributed by atoms with Gasteiger partial charge >= 0.3 is 0 Å². The SMILES string of the molecule is COc1cc(C)c(C)cc1S(=O)(=O)NCCCN(C)Cc1ccccc1. The number of nitrogens with one attached hydrogen (secondary N) is 1. The molecule has 0 saturated carbocycles. The van der Waals surface area contributed by atoms with Crippen LogP contribution in [0.4, 0.5) is 0 Å². The van der Waals surface area contributed by atoms with Crippen LogP contribution >= 0.6 is 0 Å². The minimum Gasteiger partial charge on any atom is -0.495 e. The zero-order chi connectivity index (χ0) is 19.2. The van der Waals surface area contributed by atoms with Gasteiger partial charge in [0.15, 0.2) is 0 Å². The molecule has 0 heterocycles. The Morgan fingerprint density at radius 2 is 1.73 bits per heavy atom. The Hall–Kier alpha value is -1.89. The molecule has 6 heteroatoms. The second-order valence-electron chi connectivity index (χ2n) is 6.56. The fourth-order valence-electron chi connectivity index (χ4n) is 2.74. The van der Waals surface area contributed by atoms with Crippen LogP contribution in [-0.2, 0) is 16.6 Å². The van der Waals surface area contributed by atoms with Crippen LogP contribution in [0, 0.1) is 13.8 Å². The topological polar surface area (TPSA) is 58.6 Å². The number of methoxy groups -OCH3 is 1. The Morgan fingerprint density at radius 3 is 2.38 bits per heavy atom. The predicted molar refractivity (Wildman–Crippen MR) is 105 cm³/mol. The largest absolute Gasteiger partial charge is 0.495 e. The summed E-state index contributed by atoms with van der Waals surface area (Å²) in [4.78, 5) is 2.38. The molecule has 5 nitrogen and oxygen atoms in total. The Morgan fingerprint density at radius 1 is 1.08 bits per heavy atom. The number of benzene rings is 2. The molecule has 2 aromatic rings. The molecule has 0 aliphatic carbocycles. The summed E-state index contributed by atoms with van der Waals surface area (Å²) in [5.74, 6) is 0.377. The third-order valence-electron chi connectivity index (χ3n) is 4.37. The molecule has 0 bridgehead atoms. The number of sulfonamides is 1. The fraction of sp³-hybridized carbons (Fsp3) is 0.400. The molecule has 142 valence electrons. The standard InChI is InChI=1S/C20H28N2O3S/c1-16-13-19(25-4)20(14-17(16)2)26(23,24)21-11-8-12-22(3)15-18-9-6-5-7-10-18/h5-7,9-10,13-14,21H,8,11-12,15H2,1-4H3. The first kappa shape index (κ1) is 20.4. The number of rotatable bonds is 9. The summed E-state index contributed by atoms with van der Waals surface area (Å²) in [5.41, 5.74) is 3.17. The van der Waals surface area contributed by atoms with Crippen molar-refractivity contribution < 1.29 is 13.2 Å². The molecule has 2 rings (SSSR count). The Bertz CT molecular complexity index is 820. The van der Waals surface area contributed by atoms with Crippen molar-refractivity contribution in [3.63, 3.8) is 0 Å². The smallest absolute Gasteiger partial charge is 0.244 e. The van der Waals surface area contributed by atoms with E-state index in [0.717, 1.165) is 30.6 Å². The summed E-state index contributed by atoms with van der Waals surface area (Å²) in [6.45, 7) is 5.87. The zero-order valence-electron chi connectivity index (χ0n) is 16.0. The Labute approximate surface area is 157 Å². The van der Waals surface area contributed by atoms with Gasteiger partial charge in [0.05, 0.1) is 7.11 Å². The van der Waals surface area contributed by atoms with E-state index in [4.69, 9.17) is 4.74 Å². The van der Waals surface area contributed by atoms with Gasteiger partial charge < -0.3 is 9.64 Å². The summed E-state index contributed by atoms with van der Waals surface area (Å²) >= 11 is 0.